The Morgan fingerprint density at radius 2 is 1.49 bits per heavy atom. The van der Waals surface area contributed by atoms with Crippen LogP contribution in [0, 0.1) is 0 Å². The molecule has 2 aromatic carbocycles. The Morgan fingerprint density at radius 3 is 2.21 bits per heavy atom. The largest absolute Gasteiger partial charge is 0.379 e. The number of nitrogens with zero attached hydrogens (tertiary/aromatic N) is 2. The Bertz CT molecular complexity index is 1130. The number of ether oxygens (including phenoxy) is 1. The van der Waals surface area contributed by atoms with E-state index < -0.39 is 0 Å². The number of unbranched alkanes of at least 4 members (excludes halogenated alkanes) is 10. The second-order valence-corrected chi connectivity index (χ2v) is 12.2. The number of amides is 2. The van der Waals surface area contributed by atoms with Gasteiger partial charge >= 0.3 is 0 Å². The second kappa shape index (κ2) is 18.7. The van der Waals surface area contributed by atoms with E-state index in [1.165, 1.54) is 68.9 Å². The zero-order valence-electron chi connectivity index (χ0n) is 26.5. The van der Waals surface area contributed by atoms with Crippen molar-refractivity contribution in [2.24, 2.45) is 0 Å². The van der Waals surface area contributed by atoms with E-state index in [1.54, 1.807) is 0 Å². The van der Waals surface area contributed by atoms with Crippen LogP contribution in [0.3, 0.4) is 0 Å². The minimum atomic E-state index is -0.0939. The first-order chi connectivity index (χ1) is 21.1. The van der Waals surface area contributed by atoms with Crippen molar-refractivity contribution in [2.75, 3.05) is 56.2 Å². The van der Waals surface area contributed by atoms with E-state index in [-0.39, 0.29) is 11.8 Å². The molecule has 7 heteroatoms. The molecule has 2 aliphatic heterocycles. The minimum Gasteiger partial charge on any atom is -0.379 e. The van der Waals surface area contributed by atoms with Crippen LogP contribution in [0.25, 0.3) is 0 Å². The molecule has 2 heterocycles. The normalized spacial score (nSPS) is 15.2. The average Bonchev–Trinajstić information content (AvgIpc) is 3.04. The van der Waals surface area contributed by atoms with E-state index in [0.29, 0.717) is 24.2 Å². The molecule has 0 atom stereocenters. The predicted octanol–water partition coefficient (Wildman–Crippen LogP) is 6.95. The number of rotatable bonds is 18. The highest BCUT2D eigenvalue weighted by Crippen LogP contribution is 2.30. The molecule has 2 aromatic rings. The summed E-state index contributed by atoms with van der Waals surface area (Å²) in [5.41, 5.74) is 4.90. The number of hydrogen-bond donors (Lipinski definition) is 2. The number of hydrogen-bond acceptors (Lipinski definition) is 5. The summed E-state index contributed by atoms with van der Waals surface area (Å²) in [5, 5.41) is 6.21. The number of benzene rings is 2. The standard InChI is InChI=1S/C36H54N4O3/c1-2-3-4-5-6-7-8-9-10-11-12-17-35(41)38-32-18-19-34(40-22-20-30-15-13-14-16-31(30)29-40)33(28-32)36(42)37-21-23-39-24-26-43-27-25-39/h13-16,18-19,28H,2-12,17,20-27,29H2,1H3,(H,37,42)(H,38,41). The molecule has 0 aliphatic carbocycles. The summed E-state index contributed by atoms with van der Waals surface area (Å²) in [7, 11) is 0. The summed E-state index contributed by atoms with van der Waals surface area (Å²) in [5.74, 6) is -0.0715. The maximum atomic E-state index is 13.5. The summed E-state index contributed by atoms with van der Waals surface area (Å²) in [6, 6.07) is 14.3. The van der Waals surface area contributed by atoms with Crippen LogP contribution in [-0.4, -0.2) is 62.7 Å². The third-order valence-corrected chi connectivity index (χ3v) is 8.82. The van der Waals surface area contributed by atoms with Gasteiger partial charge < -0.3 is 20.3 Å². The number of carbonyl (C=O) groups is 2. The molecule has 7 nitrogen and oxygen atoms in total. The molecule has 0 spiro atoms. The predicted molar refractivity (Wildman–Crippen MR) is 177 cm³/mol. The highest BCUT2D eigenvalue weighted by molar-refractivity contribution is 6.02. The third kappa shape index (κ3) is 11.3. The smallest absolute Gasteiger partial charge is 0.253 e. The molecule has 1 fully saturated rings. The first-order valence-electron chi connectivity index (χ1n) is 17.0. The Hall–Kier alpha value is -2.90. The lowest BCUT2D eigenvalue weighted by atomic mass is 9.98. The Balaban J connectivity index is 1.28. The molecule has 0 radical (unpaired) electrons. The molecule has 236 valence electrons. The van der Waals surface area contributed by atoms with Crippen molar-refractivity contribution < 1.29 is 14.3 Å². The van der Waals surface area contributed by atoms with Crippen molar-refractivity contribution in [1.82, 2.24) is 10.2 Å². The molecular formula is C36H54N4O3. The van der Waals surface area contributed by atoms with Crippen molar-refractivity contribution in [3.63, 3.8) is 0 Å². The molecule has 2 N–H and O–H groups in total. The summed E-state index contributed by atoms with van der Waals surface area (Å²) in [4.78, 5) is 30.9. The van der Waals surface area contributed by atoms with Crippen LogP contribution in [0.15, 0.2) is 42.5 Å². The summed E-state index contributed by atoms with van der Waals surface area (Å²) in [6.07, 6.45) is 15.4. The highest BCUT2D eigenvalue weighted by Gasteiger charge is 2.22. The van der Waals surface area contributed by atoms with Crippen LogP contribution in [0.5, 0.6) is 0 Å². The van der Waals surface area contributed by atoms with E-state index in [4.69, 9.17) is 4.74 Å². The maximum absolute atomic E-state index is 13.5. The number of anilines is 2. The van der Waals surface area contributed by atoms with Gasteiger partial charge in [0, 0.05) is 57.1 Å². The average molecular weight is 591 g/mol. The summed E-state index contributed by atoms with van der Waals surface area (Å²) < 4.78 is 5.44. The molecule has 2 amide bonds. The lowest BCUT2D eigenvalue weighted by molar-refractivity contribution is -0.116. The van der Waals surface area contributed by atoms with Crippen LogP contribution in [0.4, 0.5) is 11.4 Å². The first-order valence-corrected chi connectivity index (χ1v) is 17.0. The Labute approximate surface area is 259 Å². The fraction of sp³-hybridized carbons (Fsp3) is 0.611. The third-order valence-electron chi connectivity index (χ3n) is 8.82. The van der Waals surface area contributed by atoms with Gasteiger partial charge in [0.2, 0.25) is 5.91 Å². The molecule has 43 heavy (non-hydrogen) atoms. The Morgan fingerprint density at radius 1 is 0.814 bits per heavy atom. The lowest BCUT2D eigenvalue weighted by Crippen LogP contribution is -2.41. The van der Waals surface area contributed by atoms with E-state index in [9.17, 15) is 9.59 Å². The first kappa shape index (κ1) is 33.0. The van der Waals surface area contributed by atoms with E-state index in [0.717, 1.165) is 70.9 Å². The molecule has 0 unspecified atom stereocenters. The van der Waals surface area contributed by atoms with Crippen molar-refractivity contribution in [2.45, 2.75) is 96.9 Å². The molecule has 0 aromatic heterocycles. The van der Waals surface area contributed by atoms with Gasteiger partial charge in [0.05, 0.1) is 18.8 Å². The van der Waals surface area contributed by atoms with Gasteiger partial charge in [-0.3, -0.25) is 14.5 Å². The number of carbonyl (C=O) groups excluding carboxylic acids is 2. The zero-order valence-corrected chi connectivity index (χ0v) is 26.5. The van der Waals surface area contributed by atoms with Crippen molar-refractivity contribution >= 4 is 23.2 Å². The minimum absolute atomic E-state index is 0.0225. The topological polar surface area (TPSA) is 73.9 Å². The van der Waals surface area contributed by atoms with Crippen molar-refractivity contribution in [1.29, 1.82) is 0 Å². The van der Waals surface area contributed by atoms with Gasteiger partial charge in [-0.15, -0.1) is 0 Å². The fourth-order valence-electron chi connectivity index (χ4n) is 6.19. The zero-order chi connectivity index (χ0) is 30.1. The summed E-state index contributed by atoms with van der Waals surface area (Å²) in [6.45, 7) is 8.56. The van der Waals surface area contributed by atoms with Crippen LogP contribution in [-0.2, 0) is 22.5 Å². The number of morpholine rings is 1. The van der Waals surface area contributed by atoms with Gasteiger partial charge in [-0.1, -0.05) is 95.4 Å². The summed E-state index contributed by atoms with van der Waals surface area (Å²) >= 11 is 0. The van der Waals surface area contributed by atoms with Crippen LogP contribution >= 0.6 is 0 Å². The van der Waals surface area contributed by atoms with Gasteiger partial charge in [-0.25, -0.2) is 0 Å². The van der Waals surface area contributed by atoms with Gasteiger partial charge in [-0.05, 0) is 42.2 Å². The maximum Gasteiger partial charge on any atom is 0.253 e. The van der Waals surface area contributed by atoms with E-state index in [1.807, 2.05) is 18.2 Å². The quantitative estimate of drug-likeness (QED) is 0.184. The van der Waals surface area contributed by atoms with Gasteiger partial charge in [0.15, 0.2) is 0 Å². The Kier molecular flexibility index (Phi) is 14.3. The number of nitrogens with one attached hydrogen (secondary N) is 2. The molecule has 0 bridgehead atoms. The second-order valence-electron chi connectivity index (χ2n) is 12.2. The molecular weight excluding hydrogens is 536 g/mol. The monoisotopic (exact) mass is 590 g/mol. The molecule has 0 saturated carbocycles. The molecule has 1 saturated heterocycles. The number of fused-ring (bicyclic) bond motifs is 1. The van der Waals surface area contributed by atoms with E-state index in [2.05, 4.69) is 51.6 Å². The van der Waals surface area contributed by atoms with Gasteiger partial charge in [0.1, 0.15) is 0 Å². The van der Waals surface area contributed by atoms with Gasteiger partial charge in [0.25, 0.3) is 5.91 Å². The SMILES string of the molecule is CCCCCCCCCCCCCC(=O)Nc1ccc(N2CCc3ccccc3C2)c(C(=O)NCCN2CCOCC2)c1. The lowest BCUT2D eigenvalue weighted by Gasteiger charge is -2.32. The van der Waals surface area contributed by atoms with E-state index >= 15 is 0 Å². The van der Waals surface area contributed by atoms with Crippen LogP contribution in [0.1, 0.15) is 105 Å². The van der Waals surface area contributed by atoms with Gasteiger partial charge in [-0.2, -0.15) is 0 Å². The van der Waals surface area contributed by atoms with Crippen molar-refractivity contribution in [3.05, 3.63) is 59.2 Å². The molecule has 2 aliphatic rings. The molecule has 4 rings (SSSR count). The fourth-order valence-corrected chi connectivity index (χ4v) is 6.19. The van der Waals surface area contributed by atoms with Crippen LogP contribution < -0.4 is 15.5 Å². The highest BCUT2D eigenvalue weighted by atomic mass is 16.5. The van der Waals surface area contributed by atoms with Crippen LogP contribution in [0.2, 0.25) is 0 Å². The van der Waals surface area contributed by atoms with Crippen molar-refractivity contribution in [3.8, 4) is 0 Å².